The molecule has 0 radical (unpaired) electrons. The summed E-state index contributed by atoms with van der Waals surface area (Å²) < 4.78 is 5.69. The number of hydrogen-bond acceptors (Lipinski definition) is 4. The van der Waals surface area contributed by atoms with Crippen LogP contribution in [0.25, 0.3) is 0 Å². The summed E-state index contributed by atoms with van der Waals surface area (Å²) in [6.45, 7) is 4.17. The third-order valence-corrected chi connectivity index (χ3v) is 4.81. The molecule has 1 fully saturated rings. The van der Waals surface area contributed by atoms with E-state index < -0.39 is 0 Å². The number of rotatable bonds is 4. The summed E-state index contributed by atoms with van der Waals surface area (Å²) in [5, 5.41) is 3.02. The van der Waals surface area contributed by atoms with Gasteiger partial charge in [-0.2, -0.15) is 0 Å². The Morgan fingerprint density at radius 1 is 1.41 bits per heavy atom. The third kappa shape index (κ3) is 2.79. The number of carbonyl (C=O) groups excluding carboxylic acids is 2. The number of carbonyl (C=O) groups is 2. The van der Waals surface area contributed by atoms with Crippen LogP contribution in [0.3, 0.4) is 0 Å². The summed E-state index contributed by atoms with van der Waals surface area (Å²) in [5.74, 6) is 1.21. The molecule has 3 N–H and O–H groups in total. The van der Waals surface area contributed by atoms with Crippen LogP contribution in [0.2, 0.25) is 0 Å². The Balaban J connectivity index is 0.00000176. The van der Waals surface area contributed by atoms with E-state index in [1.807, 2.05) is 6.92 Å². The number of fused-ring (bicyclic) bond motifs is 1. The summed E-state index contributed by atoms with van der Waals surface area (Å²) in [7, 11) is 0. The normalized spacial score (nSPS) is 19.9. The second-order valence-electron chi connectivity index (χ2n) is 6.48. The zero-order valence-corrected chi connectivity index (χ0v) is 13.8. The van der Waals surface area contributed by atoms with Gasteiger partial charge in [0.25, 0.3) is 5.91 Å². The van der Waals surface area contributed by atoms with Gasteiger partial charge in [-0.1, -0.05) is 0 Å². The third-order valence-electron chi connectivity index (χ3n) is 4.81. The van der Waals surface area contributed by atoms with E-state index in [2.05, 4.69) is 5.32 Å². The van der Waals surface area contributed by atoms with Crippen LogP contribution in [0.5, 0.6) is 0 Å². The lowest BCUT2D eigenvalue weighted by Crippen LogP contribution is -2.53. The molecule has 5 nitrogen and oxygen atoms in total. The Morgan fingerprint density at radius 3 is 2.64 bits per heavy atom. The van der Waals surface area contributed by atoms with Crippen molar-refractivity contribution in [1.82, 2.24) is 5.32 Å². The average Bonchev–Trinajstić information content (AvgIpc) is 3.24. The lowest BCUT2D eigenvalue weighted by Gasteiger charge is -2.29. The molecule has 0 aliphatic heterocycles. The molecule has 1 aromatic rings. The van der Waals surface area contributed by atoms with Crippen molar-refractivity contribution in [3.63, 3.8) is 0 Å². The van der Waals surface area contributed by atoms with Crippen LogP contribution in [-0.4, -0.2) is 23.8 Å². The second-order valence-corrected chi connectivity index (χ2v) is 6.48. The summed E-state index contributed by atoms with van der Waals surface area (Å²) in [6, 6.07) is 0. The van der Waals surface area contributed by atoms with Gasteiger partial charge in [0.15, 0.2) is 11.5 Å². The summed E-state index contributed by atoms with van der Waals surface area (Å²) in [6.07, 6.45) is 4.26. The molecule has 1 unspecified atom stereocenters. The maximum Gasteiger partial charge on any atom is 0.287 e. The maximum atomic E-state index is 12.5. The van der Waals surface area contributed by atoms with E-state index in [1.165, 1.54) is 0 Å². The first kappa shape index (κ1) is 17.0. The van der Waals surface area contributed by atoms with Crippen molar-refractivity contribution in [3.8, 4) is 0 Å². The fourth-order valence-electron chi connectivity index (χ4n) is 3.22. The smallest absolute Gasteiger partial charge is 0.287 e. The first-order valence-corrected chi connectivity index (χ1v) is 7.64. The van der Waals surface area contributed by atoms with Crippen LogP contribution >= 0.6 is 12.4 Å². The minimum atomic E-state index is -0.388. The van der Waals surface area contributed by atoms with E-state index in [1.54, 1.807) is 6.92 Å². The van der Waals surface area contributed by atoms with Crippen LogP contribution in [0.1, 0.15) is 64.8 Å². The topological polar surface area (TPSA) is 85.3 Å². The first-order chi connectivity index (χ1) is 9.96. The molecule has 0 spiro atoms. The number of hydrogen-bond donors (Lipinski definition) is 2. The number of aryl methyl sites for hydroxylation is 1. The highest BCUT2D eigenvalue weighted by molar-refractivity contribution is 6.03. The van der Waals surface area contributed by atoms with Gasteiger partial charge in [-0.25, -0.2) is 0 Å². The van der Waals surface area contributed by atoms with Crippen molar-refractivity contribution in [2.45, 2.75) is 51.5 Å². The second kappa shape index (κ2) is 6.05. The quantitative estimate of drug-likeness (QED) is 0.889. The monoisotopic (exact) mass is 326 g/mol. The van der Waals surface area contributed by atoms with Gasteiger partial charge in [-0.05, 0) is 39.0 Å². The Kier molecular flexibility index (Phi) is 4.68. The molecule has 122 valence electrons. The molecule has 2 aliphatic carbocycles. The number of nitrogens with one attached hydrogen (secondary N) is 1. The molecule has 2 aliphatic rings. The molecule has 0 saturated heterocycles. The predicted octanol–water partition coefficient (Wildman–Crippen LogP) is 2.39. The highest BCUT2D eigenvalue weighted by Gasteiger charge is 2.42. The Labute approximate surface area is 136 Å². The molecule has 6 heteroatoms. The minimum Gasteiger partial charge on any atom is -0.455 e. The zero-order valence-electron chi connectivity index (χ0n) is 13.0. The molecule has 1 atom stereocenters. The number of nitrogens with two attached hydrogens (primary N) is 1. The number of furan rings is 1. The van der Waals surface area contributed by atoms with Crippen LogP contribution in [0.15, 0.2) is 4.42 Å². The van der Waals surface area contributed by atoms with Gasteiger partial charge in [0.05, 0.1) is 11.1 Å². The largest absolute Gasteiger partial charge is 0.455 e. The van der Waals surface area contributed by atoms with Crippen LogP contribution in [0.4, 0.5) is 0 Å². The molecule has 1 heterocycles. The van der Waals surface area contributed by atoms with E-state index in [0.717, 1.165) is 25.7 Å². The fourth-order valence-corrected chi connectivity index (χ4v) is 3.22. The van der Waals surface area contributed by atoms with Gasteiger partial charge in [0.2, 0.25) is 0 Å². The SMILES string of the molecule is Cc1c(C(=O)NC(C)(CN)C2CC2)oc2c1C(=O)CCC2.Cl. The average molecular weight is 327 g/mol. The highest BCUT2D eigenvalue weighted by Crippen LogP contribution is 2.39. The molecule has 3 rings (SSSR count). The summed E-state index contributed by atoms with van der Waals surface area (Å²) >= 11 is 0. The maximum absolute atomic E-state index is 12.5. The number of ketones is 1. The predicted molar refractivity (Wildman–Crippen MR) is 85.6 cm³/mol. The van der Waals surface area contributed by atoms with Gasteiger partial charge >= 0.3 is 0 Å². The molecular weight excluding hydrogens is 304 g/mol. The van der Waals surface area contributed by atoms with Crippen molar-refractivity contribution >= 4 is 24.1 Å². The molecular formula is C16H23ClN2O3. The van der Waals surface area contributed by atoms with Crippen LogP contribution < -0.4 is 11.1 Å². The molecule has 22 heavy (non-hydrogen) atoms. The van der Waals surface area contributed by atoms with Crippen molar-refractivity contribution in [3.05, 3.63) is 22.6 Å². The first-order valence-electron chi connectivity index (χ1n) is 7.64. The van der Waals surface area contributed by atoms with Crippen molar-refractivity contribution < 1.29 is 14.0 Å². The van der Waals surface area contributed by atoms with Crippen LogP contribution in [-0.2, 0) is 6.42 Å². The van der Waals surface area contributed by atoms with Crippen molar-refractivity contribution in [2.24, 2.45) is 11.7 Å². The van der Waals surface area contributed by atoms with Crippen molar-refractivity contribution in [1.29, 1.82) is 0 Å². The summed E-state index contributed by atoms with van der Waals surface area (Å²) in [5.41, 5.74) is 6.73. The van der Waals surface area contributed by atoms with E-state index in [-0.39, 0.29) is 35.4 Å². The van der Waals surface area contributed by atoms with Gasteiger partial charge < -0.3 is 15.5 Å². The van der Waals surface area contributed by atoms with Gasteiger partial charge in [0.1, 0.15) is 5.76 Å². The fraction of sp³-hybridized carbons (Fsp3) is 0.625. The lowest BCUT2D eigenvalue weighted by molar-refractivity contribution is 0.0864. The van der Waals surface area contributed by atoms with Crippen molar-refractivity contribution in [2.75, 3.05) is 6.54 Å². The molecule has 1 saturated carbocycles. The van der Waals surface area contributed by atoms with E-state index in [4.69, 9.17) is 10.2 Å². The number of Topliss-reactive ketones (excluding diaryl/α,β-unsaturated/α-hetero) is 1. The Hall–Kier alpha value is -1.33. The molecule has 0 bridgehead atoms. The molecule has 1 amide bonds. The number of halogens is 1. The van der Waals surface area contributed by atoms with E-state index in [0.29, 0.717) is 35.8 Å². The van der Waals surface area contributed by atoms with E-state index in [9.17, 15) is 9.59 Å². The van der Waals surface area contributed by atoms with Gasteiger partial charge in [-0.3, -0.25) is 9.59 Å². The highest BCUT2D eigenvalue weighted by atomic mass is 35.5. The molecule has 0 aromatic carbocycles. The van der Waals surface area contributed by atoms with Gasteiger partial charge in [0, 0.05) is 24.9 Å². The van der Waals surface area contributed by atoms with Gasteiger partial charge in [-0.15, -0.1) is 12.4 Å². The number of amides is 1. The summed E-state index contributed by atoms with van der Waals surface area (Å²) in [4.78, 5) is 24.5. The molecule has 1 aromatic heterocycles. The van der Waals surface area contributed by atoms with E-state index >= 15 is 0 Å². The van der Waals surface area contributed by atoms with Crippen LogP contribution in [0, 0.1) is 12.8 Å². The lowest BCUT2D eigenvalue weighted by atomic mass is 9.93. The Bertz CT molecular complexity index is 607. The minimum absolute atomic E-state index is 0. The Morgan fingerprint density at radius 2 is 2.09 bits per heavy atom. The standard InChI is InChI=1S/C16H22N2O3.ClH/c1-9-13-11(19)4-3-5-12(13)21-14(9)15(20)18-16(2,8-17)10-6-7-10;/h10H,3-8,17H2,1-2H3,(H,18,20);1H. The zero-order chi connectivity index (χ0) is 15.2.